The number of carboxylic acid groups (broad SMARTS) is 1. The Morgan fingerprint density at radius 3 is 3.00 bits per heavy atom. The van der Waals surface area contributed by atoms with Gasteiger partial charge in [0.2, 0.25) is 0 Å². The van der Waals surface area contributed by atoms with E-state index in [9.17, 15) is 4.79 Å². The SMILES string of the molecule is Cn1ncc(C(=O)O)c1CNCCO. The zero-order chi connectivity index (χ0) is 10.6. The molecule has 0 amide bonds. The molecule has 14 heavy (non-hydrogen) atoms. The van der Waals surface area contributed by atoms with E-state index in [2.05, 4.69) is 10.4 Å². The van der Waals surface area contributed by atoms with Crippen molar-refractivity contribution in [2.45, 2.75) is 6.54 Å². The Morgan fingerprint density at radius 1 is 1.71 bits per heavy atom. The van der Waals surface area contributed by atoms with Gasteiger partial charge in [-0.2, -0.15) is 5.10 Å². The maximum Gasteiger partial charge on any atom is 0.339 e. The number of hydrogen-bond donors (Lipinski definition) is 3. The van der Waals surface area contributed by atoms with E-state index >= 15 is 0 Å². The number of aromatic carboxylic acids is 1. The number of nitrogens with zero attached hydrogens (tertiary/aromatic N) is 2. The largest absolute Gasteiger partial charge is 0.478 e. The predicted molar refractivity (Wildman–Crippen MR) is 49.0 cm³/mol. The number of hydrogen-bond acceptors (Lipinski definition) is 4. The first-order chi connectivity index (χ1) is 6.66. The number of aromatic nitrogens is 2. The second-order valence-electron chi connectivity index (χ2n) is 2.83. The van der Waals surface area contributed by atoms with Gasteiger partial charge in [-0.15, -0.1) is 0 Å². The summed E-state index contributed by atoms with van der Waals surface area (Å²) in [6, 6.07) is 0. The molecule has 6 nitrogen and oxygen atoms in total. The van der Waals surface area contributed by atoms with E-state index in [4.69, 9.17) is 10.2 Å². The molecule has 6 heteroatoms. The van der Waals surface area contributed by atoms with Gasteiger partial charge in [-0.25, -0.2) is 4.79 Å². The number of rotatable bonds is 5. The summed E-state index contributed by atoms with van der Waals surface area (Å²) < 4.78 is 1.51. The van der Waals surface area contributed by atoms with Crippen LogP contribution in [-0.2, 0) is 13.6 Å². The molecule has 0 fully saturated rings. The third kappa shape index (κ3) is 2.30. The number of aryl methyl sites for hydroxylation is 1. The molecule has 1 heterocycles. The van der Waals surface area contributed by atoms with E-state index in [1.54, 1.807) is 7.05 Å². The first-order valence-electron chi connectivity index (χ1n) is 4.22. The summed E-state index contributed by atoms with van der Waals surface area (Å²) in [5.41, 5.74) is 0.795. The molecule has 1 rings (SSSR count). The number of carbonyl (C=O) groups is 1. The minimum absolute atomic E-state index is 0.0280. The lowest BCUT2D eigenvalue weighted by atomic mass is 10.2. The van der Waals surface area contributed by atoms with Crippen molar-refractivity contribution in [3.63, 3.8) is 0 Å². The Morgan fingerprint density at radius 2 is 2.43 bits per heavy atom. The summed E-state index contributed by atoms with van der Waals surface area (Å²) in [5.74, 6) is -0.987. The summed E-state index contributed by atoms with van der Waals surface area (Å²) in [6.45, 7) is 0.850. The van der Waals surface area contributed by atoms with Crippen LogP contribution in [0.2, 0.25) is 0 Å². The average Bonchev–Trinajstić information content (AvgIpc) is 2.48. The quantitative estimate of drug-likeness (QED) is 0.540. The molecule has 0 aliphatic heterocycles. The lowest BCUT2D eigenvalue weighted by Crippen LogP contribution is -2.20. The topological polar surface area (TPSA) is 87.4 Å². The van der Waals surface area contributed by atoms with Crippen LogP contribution in [0, 0.1) is 0 Å². The van der Waals surface area contributed by atoms with Crippen LogP contribution in [-0.4, -0.2) is 39.1 Å². The highest BCUT2D eigenvalue weighted by atomic mass is 16.4. The smallest absolute Gasteiger partial charge is 0.339 e. The molecule has 0 aliphatic carbocycles. The van der Waals surface area contributed by atoms with Crippen LogP contribution < -0.4 is 5.32 Å². The van der Waals surface area contributed by atoms with E-state index in [0.717, 1.165) is 0 Å². The first kappa shape index (κ1) is 10.7. The van der Waals surface area contributed by atoms with Crippen LogP contribution >= 0.6 is 0 Å². The molecule has 1 aromatic rings. The fourth-order valence-corrected chi connectivity index (χ4v) is 1.14. The van der Waals surface area contributed by atoms with Gasteiger partial charge in [0.15, 0.2) is 0 Å². The molecule has 3 N–H and O–H groups in total. The van der Waals surface area contributed by atoms with E-state index in [1.165, 1.54) is 10.9 Å². The van der Waals surface area contributed by atoms with Crippen molar-refractivity contribution in [3.8, 4) is 0 Å². The molecule has 0 aliphatic rings. The third-order valence-corrected chi connectivity index (χ3v) is 1.87. The highest BCUT2D eigenvalue weighted by Gasteiger charge is 2.13. The minimum Gasteiger partial charge on any atom is -0.478 e. The lowest BCUT2D eigenvalue weighted by Gasteiger charge is -2.04. The zero-order valence-electron chi connectivity index (χ0n) is 7.90. The van der Waals surface area contributed by atoms with Crippen LogP contribution in [0.15, 0.2) is 6.20 Å². The standard InChI is InChI=1S/C8H13N3O3/c1-11-7(5-9-2-3-12)6(4-10-11)8(13)14/h4,9,12H,2-3,5H2,1H3,(H,13,14). The fraction of sp³-hybridized carbons (Fsp3) is 0.500. The van der Waals surface area contributed by atoms with Crippen LogP contribution in [0.4, 0.5) is 0 Å². The summed E-state index contributed by atoms with van der Waals surface area (Å²) in [6.07, 6.45) is 1.32. The molecular weight excluding hydrogens is 186 g/mol. The van der Waals surface area contributed by atoms with Gasteiger partial charge in [0.05, 0.1) is 18.5 Å². The Labute approximate surface area is 81.2 Å². The highest BCUT2D eigenvalue weighted by molar-refractivity contribution is 5.88. The molecule has 0 aromatic carbocycles. The van der Waals surface area contributed by atoms with Crippen LogP contribution in [0.3, 0.4) is 0 Å². The maximum atomic E-state index is 10.7. The van der Waals surface area contributed by atoms with Gasteiger partial charge >= 0.3 is 5.97 Å². The number of nitrogens with one attached hydrogen (secondary N) is 1. The molecule has 0 unspecified atom stereocenters. The molecule has 78 valence electrons. The lowest BCUT2D eigenvalue weighted by molar-refractivity contribution is 0.0695. The normalized spacial score (nSPS) is 10.4. The van der Waals surface area contributed by atoms with Crippen molar-refractivity contribution in [2.24, 2.45) is 7.05 Å². The van der Waals surface area contributed by atoms with Crippen LogP contribution in [0.25, 0.3) is 0 Å². The van der Waals surface area contributed by atoms with Crippen molar-refractivity contribution in [2.75, 3.05) is 13.2 Å². The van der Waals surface area contributed by atoms with Gasteiger partial charge in [-0.1, -0.05) is 0 Å². The Bertz CT molecular complexity index is 322. The van der Waals surface area contributed by atoms with Gasteiger partial charge in [0, 0.05) is 20.1 Å². The van der Waals surface area contributed by atoms with E-state index in [-0.39, 0.29) is 12.2 Å². The first-order valence-corrected chi connectivity index (χ1v) is 4.22. The summed E-state index contributed by atoms with van der Waals surface area (Å²) >= 11 is 0. The van der Waals surface area contributed by atoms with E-state index in [0.29, 0.717) is 18.8 Å². The summed E-state index contributed by atoms with van der Waals surface area (Å²) in [5, 5.41) is 24.1. The summed E-state index contributed by atoms with van der Waals surface area (Å²) in [7, 11) is 1.68. The fourth-order valence-electron chi connectivity index (χ4n) is 1.14. The van der Waals surface area contributed by atoms with E-state index in [1.807, 2.05) is 0 Å². The molecule has 0 radical (unpaired) electrons. The Hall–Kier alpha value is -1.40. The predicted octanol–water partition coefficient (Wildman–Crippen LogP) is -0.800. The second kappa shape index (κ2) is 4.73. The van der Waals surface area contributed by atoms with Gasteiger partial charge in [-0.3, -0.25) is 4.68 Å². The van der Waals surface area contributed by atoms with E-state index < -0.39 is 5.97 Å². The zero-order valence-corrected chi connectivity index (χ0v) is 7.90. The monoisotopic (exact) mass is 199 g/mol. The molecular formula is C8H13N3O3. The highest BCUT2D eigenvalue weighted by Crippen LogP contribution is 2.06. The van der Waals surface area contributed by atoms with Crippen LogP contribution in [0.1, 0.15) is 16.1 Å². The number of carboxylic acids is 1. The molecule has 0 spiro atoms. The maximum absolute atomic E-state index is 10.7. The molecule has 0 saturated carbocycles. The third-order valence-electron chi connectivity index (χ3n) is 1.87. The van der Waals surface area contributed by atoms with Gasteiger partial charge in [0.25, 0.3) is 0 Å². The van der Waals surface area contributed by atoms with Gasteiger partial charge in [-0.05, 0) is 0 Å². The van der Waals surface area contributed by atoms with Crippen LogP contribution in [0.5, 0.6) is 0 Å². The van der Waals surface area contributed by atoms with Gasteiger partial charge in [0.1, 0.15) is 5.56 Å². The molecule has 0 bridgehead atoms. The molecule has 0 saturated heterocycles. The van der Waals surface area contributed by atoms with Gasteiger partial charge < -0.3 is 15.5 Å². The second-order valence-corrected chi connectivity index (χ2v) is 2.83. The Kier molecular flexibility index (Phi) is 3.61. The average molecular weight is 199 g/mol. The minimum atomic E-state index is -0.987. The van der Waals surface area contributed by atoms with Crippen molar-refractivity contribution in [1.82, 2.24) is 15.1 Å². The van der Waals surface area contributed by atoms with Crippen molar-refractivity contribution in [3.05, 3.63) is 17.5 Å². The number of aliphatic hydroxyl groups excluding tert-OH is 1. The molecule has 1 aromatic heterocycles. The van der Waals surface area contributed by atoms with Crippen molar-refractivity contribution < 1.29 is 15.0 Å². The number of aliphatic hydroxyl groups is 1. The van der Waals surface area contributed by atoms with Crippen molar-refractivity contribution in [1.29, 1.82) is 0 Å². The Balaban J connectivity index is 2.72. The van der Waals surface area contributed by atoms with Crippen molar-refractivity contribution >= 4 is 5.97 Å². The molecule has 0 atom stereocenters. The summed E-state index contributed by atoms with van der Waals surface area (Å²) in [4.78, 5) is 10.7.